The predicted molar refractivity (Wildman–Crippen MR) is 88.6 cm³/mol. The highest BCUT2D eigenvalue weighted by atomic mass is 32.1. The van der Waals surface area contributed by atoms with E-state index in [0.717, 1.165) is 35.6 Å². The minimum absolute atomic E-state index is 0.0756. The quantitative estimate of drug-likeness (QED) is 0.871. The summed E-state index contributed by atoms with van der Waals surface area (Å²) in [4.78, 5) is 4.32. The molecule has 0 aliphatic heterocycles. The summed E-state index contributed by atoms with van der Waals surface area (Å²) in [6, 6.07) is 8.41. The van der Waals surface area contributed by atoms with Gasteiger partial charge in [-0.05, 0) is 37.1 Å². The zero-order valence-corrected chi connectivity index (χ0v) is 13.0. The minimum atomic E-state index is 0.0756. The molecule has 1 fully saturated rings. The molecule has 1 aromatic carbocycles. The number of hydrogen-bond donors (Lipinski definition) is 2. The molecule has 0 radical (unpaired) electrons. The highest BCUT2D eigenvalue weighted by molar-refractivity contribution is 7.13. The number of anilines is 1. The summed E-state index contributed by atoms with van der Waals surface area (Å²) in [6.07, 6.45) is 7.89. The fourth-order valence-electron chi connectivity index (χ4n) is 3.08. The number of nitrogens with zero attached hydrogens (tertiary/aromatic N) is 1. The first-order valence-electron chi connectivity index (χ1n) is 7.66. The van der Waals surface area contributed by atoms with Gasteiger partial charge in [0, 0.05) is 34.8 Å². The fourth-order valence-corrected chi connectivity index (χ4v) is 3.72. The first kappa shape index (κ1) is 14.5. The Morgan fingerprint density at radius 2 is 1.90 bits per heavy atom. The van der Waals surface area contributed by atoms with E-state index in [2.05, 4.69) is 34.6 Å². The average Bonchev–Trinajstić information content (AvgIpc) is 3.09. The highest BCUT2D eigenvalue weighted by Crippen LogP contribution is 2.36. The van der Waals surface area contributed by atoms with Crippen molar-refractivity contribution in [2.75, 3.05) is 18.5 Å². The fraction of sp³-hybridized carbons (Fsp3) is 0.471. The van der Waals surface area contributed by atoms with Gasteiger partial charge in [0.1, 0.15) is 5.01 Å². The molecule has 4 heteroatoms. The van der Waals surface area contributed by atoms with Crippen molar-refractivity contribution >= 4 is 17.0 Å². The third-order valence-electron chi connectivity index (χ3n) is 4.48. The zero-order chi connectivity index (χ0) is 14.5. The summed E-state index contributed by atoms with van der Waals surface area (Å²) < 4.78 is 0. The summed E-state index contributed by atoms with van der Waals surface area (Å²) in [6.45, 7) is 1.15. The molecule has 1 aliphatic carbocycles. The molecule has 0 bridgehead atoms. The van der Waals surface area contributed by atoms with E-state index in [9.17, 15) is 5.11 Å². The summed E-state index contributed by atoms with van der Waals surface area (Å²) in [5.74, 6) is 0. The number of hydrogen-bond acceptors (Lipinski definition) is 4. The Morgan fingerprint density at radius 3 is 2.52 bits per heavy atom. The van der Waals surface area contributed by atoms with E-state index in [0.29, 0.717) is 0 Å². The Hall–Kier alpha value is -1.39. The van der Waals surface area contributed by atoms with E-state index in [1.807, 2.05) is 11.6 Å². The van der Waals surface area contributed by atoms with E-state index >= 15 is 0 Å². The van der Waals surface area contributed by atoms with Gasteiger partial charge in [0.25, 0.3) is 0 Å². The number of nitrogens with one attached hydrogen (secondary N) is 1. The third kappa shape index (κ3) is 3.44. The van der Waals surface area contributed by atoms with Gasteiger partial charge >= 0.3 is 0 Å². The van der Waals surface area contributed by atoms with Gasteiger partial charge in [-0.3, -0.25) is 0 Å². The summed E-state index contributed by atoms with van der Waals surface area (Å²) >= 11 is 1.66. The predicted octanol–water partition coefficient (Wildman–Crippen LogP) is 4.16. The van der Waals surface area contributed by atoms with Crippen molar-refractivity contribution in [3.05, 3.63) is 35.8 Å². The average molecular weight is 302 g/mol. The van der Waals surface area contributed by atoms with Gasteiger partial charge in [0.15, 0.2) is 0 Å². The SMILES string of the molecule is OCC1(CNc2ccc(-c3nccs3)cc2)CCCCC1. The summed E-state index contributed by atoms with van der Waals surface area (Å²) in [7, 11) is 0. The molecule has 3 nitrogen and oxygen atoms in total. The third-order valence-corrected chi connectivity index (χ3v) is 5.30. The normalized spacial score (nSPS) is 17.6. The van der Waals surface area contributed by atoms with E-state index in [1.165, 1.54) is 19.3 Å². The molecule has 0 amide bonds. The van der Waals surface area contributed by atoms with Crippen molar-refractivity contribution in [2.45, 2.75) is 32.1 Å². The monoisotopic (exact) mass is 302 g/mol. The van der Waals surface area contributed by atoms with Gasteiger partial charge in [-0.25, -0.2) is 4.98 Å². The molecule has 2 aromatic rings. The van der Waals surface area contributed by atoms with Gasteiger partial charge in [-0.2, -0.15) is 0 Å². The maximum Gasteiger partial charge on any atom is 0.123 e. The maximum absolute atomic E-state index is 9.74. The minimum Gasteiger partial charge on any atom is -0.396 e. The second-order valence-electron chi connectivity index (χ2n) is 5.99. The molecule has 0 atom stereocenters. The Kier molecular flexibility index (Phi) is 4.56. The first-order valence-corrected chi connectivity index (χ1v) is 8.54. The lowest BCUT2D eigenvalue weighted by molar-refractivity contribution is 0.0944. The Morgan fingerprint density at radius 1 is 1.14 bits per heavy atom. The van der Waals surface area contributed by atoms with Gasteiger partial charge in [0.05, 0.1) is 6.61 Å². The molecule has 1 saturated carbocycles. The Balaban J connectivity index is 1.62. The number of rotatable bonds is 5. The van der Waals surface area contributed by atoms with Crippen molar-refractivity contribution in [3.8, 4) is 10.6 Å². The Labute approximate surface area is 130 Å². The molecule has 2 N–H and O–H groups in total. The van der Waals surface area contributed by atoms with Crippen LogP contribution in [-0.4, -0.2) is 23.2 Å². The molecular weight excluding hydrogens is 280 g/mol. The van der Waals surface area contributed by atoms with Gasteiger partial charge in [-0.1, -0.05) is 19.3 Å². The molecule has 3 rings (SSSR count). The number of thiazole rings is 1. The van der Waals surface area contributed by atoms with Crippen LogP contribution >= 0.6 is 11.3 Å². The molecule has 0 spiro atoms. The van der Waals surface area contributed by atoms with Crippen molar-refractivity contribution in [1.29, 1.82) is 0 Å². The van der Waals surface area contributed by atoms with Crippen LogP contribution < -0.4 is 5.32 Å². The van der Waals surface area contributed by atoms with Crippen molar-refractivity contribution in [1.82, 2.24) is 4.98 Å². The van der Waals surface area contributed by atoms with E-state index in [4.69, 9.17) is 0 Å². The van der Waals surface area contributed by atoms with Crippen LogP contribution in [0, 0.1) is 5.41 Å². The molecule has 1 aromatic heterocycles. The van der Waals surface area contributed by atoms with Gasteiger partial charge in [-0.15, -0.1) is 11.3 Å². The maximum atomic E-state index is 9.74. The number of aromatic nitrogens is 1. The van der Waals surface area contributed by atoms with Crippen LogP contribution in [-0.2, 0) is 0 Å². The van der Waals surface area contributed by atoms with E-state index in [1.54, 1.807) is 11.3 Å². The molecule has 0 saturated heterocycles. The topological polar surface area (TPSA) is 45.1 Å². The van der Waals surface area contributed by atoms with E-state index in [-0.39, 0.29) is 12.0 Å². The summed E-state index contributed by atoms with van der Waals surface area (Å²) in [5, 5.41) is 16.3. The van der Waals surface area contributed by atoms with Crippen molar-refractivity contribution in [3.63, 3.8) is 0 Å². The lowest BCUT2D eigenvalue weighted by Crippen LogP contribution is -2.35. The van der Waals surface area contributed by atoms with Crippen LogP contribution in [0.15, 0.2) is 35.8 Å². The highest BCUT2D eigenvalue weighted by Gasteiger charge is 2.30. The molecule has 1 aliphatic rings. The van der Waals surface area contributed by atoms with Crippen LogP contribution in [0.25, 0.3) is 10.6 Å². The largest absolute Gasteiger partial charge is 0.396 e. The van der Waals surface area contributed by atoms with Crippen LogP contribution in [0.3, 0.4) is 0 Å². The molecule has 1 heterocycles. The van der Waals surface area contributed by atoms with Crippen molar-refractivity contribution in [2.24, 2.45) is 5.41 Å². The van der Waals surface area contributed by atoms with Crippen molar-refractivity contribution < 1.29 is 5.11 Å². The van der Waals surface area contributed by atoms with Gasteiger partial charge < -0.3 is 10.4 Å². The van der Waals surface area contributed by atoms with Crippen LogP contribution in [0.2, 0.25) is 0 Å². The standard InChI is InChI=1S/C17H22N2OS/c20-13-17(8-2-1-3-9-17)12-19-15-6-4-14(5-7-15)16-18-10-11-21-16/h4-7,10-11,19-20H,1-3,8-9,12-13H2. The smallest absolute Gasteiger partial charge is 0.123 e. The molecule has 21 heavy (non-hydrogen) atoms. The Bertz CT molecular complexity index is 545. The zero-order valence-electron chi connectivity index (χ0n) is 12.2. The molecular formula is C17H22N2OS. The van der Waals surface area contributed by atoms with Crippen LogP contribution in [0.4, 0.5) is 5.69 Å². The second kappa shape index (κ2) is 6.58. The van der Waals surface area contributed by atoms with Crippen LogP contribution in [0.1, 0.15) is 32.1 Å². The molecule has 0 unspecified atom stereocenters. The lowest BCUT2D eigenvalue weighted by atomic mass is 9.74. The second-order valence-corrected chi connectivity index (χ2v) is 6.88. The lowest BCUT2D eigenvalue weighted by Gasteiger charge is -2.36. The van der Waals surface area contributed by atoms with Crippen LogP contribution in [0.5, 0.6) is 0 Å². The summed E-state index contributed by atoms with van der Waals surface area (Å²) in [5.41, 5.74) is 2.35. The number of aliphatic hydroxyl groups is 1. The first-order chi connectivity index (χ1) is 10.3. The van der Waals surface area contributed by atoms with Gasteiger partial charge in [0.2, 0.25) is 0 Å². The molecule has 112 valence electrons. The number of aliphatic hydroxyl groups excluding tert-OH is 1. The van der Waals surface area contributed by atoms with E-state index < -0.39 is 0 Å². The number of benzene rings is 1.